The summed E-state index contributed by atoms with van der Waals surface area (Å²) in [6, 6.07) is 4.05. The summed E-state index contributed by atoms with van der Waals surface area (Å²) in [5, 5.41) is 3.13. The van der Waals surface area contributed by atoms with Crippen molar-refractivity contribution in [2.45, 2.75) is 51.5 Å². The number of amides is 2. The fourth-order valence-electron chi connectivity index (χ4n) is 3.67. The fourth-order valence-corrected chi connectivity index (χ4v) is 3.67. The molecule has 1 aliphatic carbocycles. The molecule has 6 heteroatoms. The van der Waals surface area contributed by atoms with Crippen molar-refractivity contribution in [3.63, 3.8) is 0 Å². The van der Waals surface area contributed by atoms with Crippen LogP contribution in [0.5, 0.6) is 0 Å². The Morgan fingerprint density at radius 2 is 1.72 bits per heavy atom. The third-order valence-corrected chi connectivity index (χ3v) is 5.26. The molecule has 1 aliphatic heterocycles. The van der Waals surface area contributed by atoms with Crippen LogP contribution in [0.2, 0.25) is 0 Å². The largest absolute Gasteiger partial charge is 0.367 e. The number of aromatic nitrogens is 1. The Balaban J connectivity index is 1.54. The maximum atomic E-state index is 12.4. The smallest absolute Gasteiger partial charge is 0.270 e. The van der Waals surface area contributed by atoms with E-state index < -0.39 is 0 Å². The highest BCUT2D eigenvalue weighted by atomic mass is 16.2. The van der Waals surface area contributed by atoms with Gasteiger partial charge in [0.15, 0.2) is 0 Å². The number of nitrogens with zero attached hydrogens (tertiary/aromatic N) is 3. The number of pyridine rings is 1. The van der Waals surface area contributed by atoms with Gasteiger partial charge < -0.3 is 15.1 Å². The van der Waals surface area contributed by atoms with Gasteiger partial charge in [0.1, 0.15) is 5.69 Å². The first-order chi connectivity index (χ1) is 12.1. The van der Waals surface area contributed by atoms with Crippen LogP contribution in [0.1, 0.15) is 55.9 Å². The highest BCUT2D eigenvalue weighted by molar-refractivity contribution is 5.92. The monoisotopic (exact) mass is 344 g/mol. The van der Waals surface area contributed by atoms with Crippen molar-refractivity contribution in [1.82, 2.24) is 15.2 Å². The van der Waals surface area contributed by atoms with Crippen molar-refractivity contribution in [1.29, 1.82) is 0 Å². The van der Waals surface area contributed by atoms with E-state index in [1.165, 1.54) is 25.7 Å². The Bertz CT molecular complexity index is 586. The van der Waals surface area contributed by atoms with Crippen LogP contribution >= 0.6 is 0 Å². The van der Waals surface area contributed by atoms with Crippen LogP contribution < -0.4 is 10.2 Å². The summed E-state index contributed by atoms with van der Waals surface area (Å²) in [5.41, 5.74) is 1.49. The molecule has 0 atom stereocenters. The van der Waals surface area contributed by atoms with E-state index in [0.717, 1.165) is 44.7 Å². The molecule has 0 unspecified atom stereocenters. The maximum absolute atomic E-state index is 12.4. The van der Waals surface area contributed by atoms with Gasteiger partial charge in [0.2, 0.25) is 5.91 Å². The van der Waals surface area contributed by atoms with Crippen molar-refractivity contribution in [2.75, 3.05) is 31.1 Å². The predicted molar refractivity (Wildman–Crippen MR) is 97.7 cm³/mol. The van der Waals surface area contributed by atoms with Crippen molar-refractivity contribution in [3.8, 4) is 0 Å². The van der Waals surface area contributed by atoms with Crippen molar-refractivity contribution < 1.29 is 9.59 Å². The predicted octanol–water partition coefficient (Wildman–Crippen LogP) is 2.20. The lowest BCUT2D eigenvalue weighted by atomic mass is 10.1. The minimum atomic E-state index is -0.0696. The van der Waals surface area contributed by atoms with E-state index in [0.29, 0.717) is 5.69 Å². The maximum Gasteiger partial charge on any atom is 0.270 e. The standard InChI is InChI=1S/C19H28N4O2/c1-15(24)22-10-12-23(13-11-22)17-8-9-18(20-14-17)19(25)21-16-6-4-2-3-5-7-16/h8-9,14,16H,2-7,10-13H2,1H3,(H,21,25). The average Bonchev–Trinajstić information content (AvgIpc) is 2.90. The fraction of sp³-hybridized carbons (Fsp3) is 0.632. The van der Waals surface area contributed by atoms with Crippen molar-refractivity contribution in [3.05, 3.63) is 24.0 Å². The van der Waals surface area contributed by atoms with Gasteiger partial charge in [-0.1, -0.05) is 25.7 Å². The normalized spacial score (nSPS) is 19.4. The minimum absolute atomic E-state index is 0.0696. The van der Waals surface area contributed by atoms with E-state index in [1.54, 1.807) is 19.2 Å². The molecule has 2 fully saturated rings. The first-order valence-corrected chi connectivity index (χ1v) is 9.41. The van der Waals surface area contributed by atoms with Crippen LogP contribution in [0.4, 0.5) is 5.69 Å². The van der Waals surface area contributed by atoms with Gasteiger partial charge in [-0.2, -0.15) is 0 Å². The molecular weight excluding hydrogens is 316 g/mol. The van der Waals surface area contributed by atoms with Gasteiger partial charge in [-0.3, -0.25) is 9.59 Å². The molecule has 1 saturated heterocycles. The summed E-state index contributed by atoms with van der Waals surface area (Å²) in [6.07, 6.45) is 8.86. The number of piperazine rings is 1. The zero-order valence-electron chi connectivity index (χ0n) is 15.0. The van der Waals surface area contributed by atoms with Gasteiger partial charge in [-0.15, -0.1) is 0 Å². The van der Waals surface area contributed by atoms with Crippen LogP contribution in [0, 0.1) is 0 Å². The molecule has 0 spiro atoms. The van der Waals surface area contributed by atoms with Gasteiger partial charge in [-0.05, 0) is 25.0 Å². The molecule has 1 N–H and O–H groups in total. The average molecular weight is 344 g/mol. The van der Waals surface area contributed by atoms with Gasteiger partial charge in [0.25, 0.3) is 5.91 Å². The Morgan fingerprint density at radius 1 is 1.04 bits per heavy atom. The second-order valence-electron chi connectivity index (χ2n) is 7.06. The molecule has 0 radical (unpaired) electrons. The lowest BCUT2D eigenvalue weighted by Gasteiger charge is -2.35. The molecular formula is C19H28N4O2. The second-order valence-corrected chi connectivity index (χ2v) is 7.06. The molecule has 25 heavy (non-hydrogen) atoms. The lowest BCUT2D eigenvalue weighted by molar-refractivity contribution is -0.129. The molecule has 0 bridgehead atoms. The van der Waals surface area contributed by atoms with Crippen molar-refractivity contribution >= 4 is 17.5 Å². The number of carbonyl (C=O) groups excluding carboxylic acids is 2. The Kier molecular flexibility index (Phi) is 5.89. The summed E-state index contributed by atoms with van der Waals surface area (Å²) in [6.45, 7) is 4.68. The van der Waals surface area contributed by atoms with Crippen LogP contribution in [0.25, 0.3) is 0 Å². The minimum Gasteiger partial charge on any atom is -0.367 e. The van der Waals surface area contributed by atoms with Gasteiger partial charge in [0.05, 0.1) is 11.9 Å². The van der Waals surface area contributed by atoms with E-state index in [9.17, 15) is 9.59 Å². The van der Waals surface area contributed by atoms with Crippen LogP contribution in [-0.2, 0) is 4.79 Å². The van der Waals surface area contributed by atoms with Crippen LogP contribution in [0.15, 0.2) is 18.3 Å². The quantitative estimate of drug-likeness (QED) is 0.854. The number of carbonyl (C=O) groups is 2. The van der Waals surface area contributed by atoms with E-state index in [4.69, 9.17) is 0 Å². The highest BCUT2D eigenvalue weighted by Crippen LogP contribution is 2.18. The number of nitrogens with one attached hydrogen (secondary N) is 1. The SMILES string of the molecule is CC(=O)N1CCN(c2ccc(C(=O)NC3CCCCCC3)nc2)CC1. The molecule has 2 aliphatic rings. The number of anilines is 1. The lowest BCUT2D eigenvalue weighted by Crippen LogP contribution is -2.48. The van der Waals surface area contributed by atoms with Gasteiger partial charge in [-0.25, -0.2) is 4.98 Å². The van der Waals surface area contributed by atoms with Gasteiger partial charge >= 0.3 is 0 Å². The van der Waals surface area contributed by atoms with E-state index in [1.807, 2.05) is 11.0 Å². The summed E-state index contributed by atoms with van der Waals surface area (Å²) in [7, 11) is 0. The van der Waals surface area contributed by atoms with Crippen LogP contribution in [0.3, 0.4) is 0 Å². The highest BCUT2D eigenvalue weighted by Gasteiger charge is 2.20. The third kappa shape index (κ3) is 4.71. The Hall–Kier alpha value is -2.11. The van der Waals surface area contributed by atoms with E-state index in [-0.39, 0.29) is 17.9 Å². The second kappa shape index (κ2) is 8.32. The third-order valence-electron chi connectivity index (χ3n) is 5.26. The Labute approximate surface area is 149 Å². The first kappa shape index (κ1) is 17.7. The molecule has 2 heterocycles. The van der Waals surface area contributed by atoms with Crippen molar-refractivity contribution in [2.24, 2.45) is 0 Å². The van der Waals surface area contributed by atoms with Gasteiger partial charge in [0, 0.05) is 39.1 Å². The molecule has 1 aromatic heterocycles. The zero-order valence-corrected chi connectivity index (χ0v) is 15.0. The molecule has 136 valence electrons. The first-order valence-electron chi connectivity index (χ1n) is 9.41. The van der Waals surface area contributed by atoms with E-state index >= 15 is 0 Å². The molecule has 6 nitrogen and oxygen atoms in total. The topological polar surface area (TPSA) is 65.5 Å². The van der Waals surface area contributed by atoms with E-state index in [2.05, 4.69) is 15.2 Å². The summed E-state index contributed by atoms with van der Waals surface area (Å²) < 4.78 is 0. The number of hydrogen-bond donors (Lipinski definition) is 1. The van der Waals surface area contributed by atoms with Crippen LogP contribution in [-0.4, -0.2) is 53.9 Å². The molecule has 3 rings (SSSR count). The Morgan fingerprint density at radius 3 is 2.28 bits per heavy atom. The molecule has 2 amide bonds. The molecule has 1 saturated carbocycles. The summed E-state index contributed by atoms with van der Waals surface area (Å²) in [5.74, 6) is 0.0585. The number of rotatable bonds is 3. The zero-order chi connectivity index (χ0) is 17.6. The molecule has 0 aromatic carbocycles. The summed E-state index contributed by atoms with van der Waals surface area (Å²) in [4.78, 5) is 32.2. The number of hydrogen-bond acceptors (Lipinski definition) is 4. The summed E-state index contributed by atoms with van der Waals surface area (Å²) >= 11 is 0. The molecule has 1 aromatic rings.